The van der Waals surface area contributed by atoms with E-state index in [0.29, 0.717) is 47.0 Å². The first-order valence-corrected chi connectivity index (χ1v) is 13.2. The maximum Gasteiger partial charge on any atom is 0.307 e. The number of carbonyl (C=O) groups excluding carboxylic acids is 1. The van der Waals surface area contributed by atoms with Crippen molar-refractivity contribution in [1.82, 2.24) is 19.5 Å². The molecule has 2 saturated carbocycles. The van der Waals surface area contributed by atoms with Crippen LogP contribution in [0.5, 0.6) is 0 Å². The van der Waals surface area contributed by atoms with E-state index in [1.54, 1.807) is 22.7 Å². The third-order valence-electron chi connectivity index (χ3n) is 8.33. The van der Waals surface area contributed by atoms with Crippen LogP contribution in [0.15, 0.2) is 54.6 Å². The maximum absolute atomic E-state index is 15.2. The van der Waals surface area contributed by atoms with Crippen LogP contribution in [0.1, 0.15) is 76.9 Å². The molecule has 1 N–H and O–H groups in total. The maximum atomic E-state index is 15.2. The van der Waals surface area contributed by atoms with Crippen LogP contribution in [0.3, 0.4) is 0 Å². The van der Waals surface area contributed by atoms with Crippen LogP contribution in [0, 0.1) is 11.7 Å². The normalized spacial score (nSPS) is 22.4. The topological polar surface area (TPSA) is 87.8 Å². The Kier molecular flexibility index (Phi) is 5.15. The minimum absolute atomic E-state index is 0.0462. The van der Waals surface area contributed by atoms with Crippen LogP contribution in [0.4, 0.5) is 4.39 Å². The molecule has 0 spiro atoms. The van der Waals surface area contributed by atoms with E-state index in [1.165, 1.54) is 17.2 Å². The highest BCUT2D eigenvalue weighted by Crippen LogP contribution is 2.48. The molecular formula is C30H27FN4O3. The van der Waals surface area contributed by atoms with E-state index >= 15 is 4.39 Å². The fourth-order valence-electron chi connectivity index (χ4n) is 5.91. The smallest absolute Gasteiger partial charge is 0.307 e. The van der Waals surface area contributed by atoms with Gasteiger partial charge >= 0.3 is 5.97 Å². The average molecular weight is 511 g/mol. The molecule has 1 amide bonds. The fourth-order valence-corrected chi connectivity index (χ4v) is 5.91. The first kappa shape index (κ1) is 23.1. The summed E-state index contributed by atoms with van der Waals surface area (Å²) in [4.78, 5) is 31.5. The molecular weight excluding hydrogens is 483 g/mol. The Labute approximate surface area is 218 Å². The minimum Gasteiger partial charge on any atom is -0.481 e. The minimum atomic E-state index is -0.841. The van der Waals surface area contributed by atoms with Gasteiger partial charge in [-0.1, -0.05) is 30.3 Å². The highest BCUT2D eigenvalue weighted by molar-refractivity contribution is 5.93. The molecule has 1 aliphatic heterocycles. The van der Waals surface area contributed by atoms with Crippen LogP contribution >= 0.6 is 0 Å². The van der Waals surface area contributed by atoms with Gasteiger partial charge in [-0.25, -0.2) is 13.9 Å². The third-order valence-corrected chi connectivity index (χ3v) is 8.33. The number of halogens is 1. The molecule has 3 aliphatic rings. The number of hydrogen-bond acceptors (Lipinski definition) is 4. The fraction of sp³-hybridized carbons (Fsp3) is 0.333. The van der Waals surface area contributed by atoms with Crippen LogP contribution in [-0.4, -0.2) is 43.0 Å². The van der Waals surface area contributed by atoms with Gasteiger partial charge in [-0.15, -0.1) is 0 Å². The summed E-state index contributed by atoms with van der Waals surface area (Å²) in [5, 5.41) is 13.9. The zero-order chi connectivity index (χ0) is 26.1. The summed E-state index contributed by atoms with van der Waals surface area (Å²) in [6, 6.07) is 16.7. The number of fused-ring (bicyclic) bond motifs is 2. The van der Waals surface area contributed by atoms with Gasteiger partial charge in [0, 0.05) is 29.8 Å². The summed E-state index contributed by atoms with van der Waals surface area (Å²) in [5.41, 5.74) is 5.76. The lowest BCUT2D eigenvalue weighted by Gasteiger charge is -2.35. The van der Waals surface area contributed by atoms with E-state index in [0.717, 1.165) is 25.0 Å². The van der Waals surface area contributed by atoms with Gasteiger partial charge in [-0.05, 0) is 73.4 Å². The molecule has 0 radical (unpaired) electrons. The van der Waals surface area contributed by atoms with Crippen molar-refractivity contribution in [2.24, 2.45) is 5.92 Å². The Hall–Kier alpha value is -4.07. The van der Waals surface area contributed by atoms with Gasteiger partial charge in [0.1, 0.15) is 11.5 Å². The Morgan fingerprint density at radius 2 is 1.89 bits per heavy atom. The van der Waals surface area contributed by atoms with Gasteiger partial charge < -0.3 is 10.0 Å². The lowest BCUT2D eigenvalue weighted by atomic mass is 9.93. The molecule has 38 heavy (non-hydrogen) atoms. The molecule has 7 rings (SSSR count). The molecule has 3 heterocycles. The molecule has 2 fully saturated rings. The average Bonchev–Trinajstić information content (AvgIpc) is 3.84. The molecule has 3 atom stereocenters. The van der Waals surface area contributed by atoms with Gasteiger partial charge in [0.2, 0.25) is 0 Å². The van der Waals surface area contributed by atoms with Crippen molar-refractivity contribution >= 4 is 17.5 Å². The number of carboxylic acids is 1. The van der Waals surface area contributed by atoms with Crippen molar-refractivity contribution in [3.63, 3.8) is 0 Å². The third kappa shape index (κ3) is 3.78. The number of benzene rings is 2. The van der Waals surface area contributed by atoms with Crippen LogP contribution in [0.25, 0.3) is 16.9 Å². The van der Waals surface area contributed by atoms with Crippen molar-refractivity contribution < 1.29 is 19.1 Å². The largest absolute Gasteiger partial charge is 0.481 e. The van der Waals surface area contributed by atoms with Gasteiger partial charge in [0.15, 0.2) is 5.65 Å². The molecule has 192 valence electrons. The quantitative estimate of drug-likeness (QED) is 0.391. The molecule has 2 aliphatic carbocycles. The van der Waals surface area contributed by atoms with E-state index in [9.17, 15) is 14.7 Å². The van der Waals surface area contributed by atoms with Crippen LogP contribution < -0.4 is 0 Å². The van der Waals surface area contributed by atoms with Crippen molar-refractivity contribution in [1.29, 1.82) is 0 Å². The van der Waals surface area contributed by atoms with Crippen molar-refractivity contribution in [2.75, 3.05) is 6.54 Å². The summed E-state index contributed by atoms with van der Waals surface area (Å²) >= 11 is 0. The summed E-state index contributed by atoms with van der Waals surface area (Å²) in [5.74, 6) is -1.66. The van der Waals surface area contributed by atoms with Crippen molar-refractivity contribution in [3.8, 4) is 11.3 Å². The number of rotatable bonds is 5. The van der Waals surface area contributed by atoms with Gasteiger partial charge in [0.25, 0.3) is 5.91 Å². The highest BCUT2D eigenvalue weighted by Gasteiger charge is 2.44. The summed E-state index contributed by atoms with van der Waals surface area (Å²) in [6.07, 6.45) is 3.38. The van der Waals surface area contributed by atoms with Gasteiger partial charge in [-0.3, -0.25) is 9.59 Å². The number of aliphatic carboxylic acids is 1. The van der Waals surface area contributed by atoms with Crippen LogP contribution in [0.2, 0.25) is 0 Å². The molecule has 4 aromatic rings. The lowest BCUT2D eigenvalue weighted by Crippen LogP contribution is -2.39. The van der Waals surface area contributed by atoms with E-state index < -0.39 is 17.7 Å². The highest BCUT2D eigenvalue weighted by atomic mass is 19.1. The Balaban J connectivity index is 1.23. The molecule has 0 bridgehead atoms. The van der Waals surface area contributed by atoms with E-state index in [-0.39, 0.29) is 17.9 Å². The number of carboxylic acid groups (broad SMARTS) is 1. The zero-order valence-corrected chi connectivity index (χ0v) is 21.0. The van der Waals surface area contributed by atoms with Gasteiger partial charge in [-0.2, -0.15) is 5.10 Å². The molecule has 7 nitrogen and oxygen atoms in total. The number of nitrogens with zero attached hydrogens (tertiary/aromatic N) is 4. The number of amides is 1. The number of aromatic nitrogens is 3. The monoisotopic (exact) mass is 510 g/mol. The number of carbonyl (C=O) groups is 2. The molecule has 2 aromatic heterocycles. The van der Waals surface area contributed by atoms with Crippen molar-refractivity contribution in [2.45, 2.75) is 50.5 Å². The zero-order valence-electron chi connectivity index (χ0n) is 21.0. The lowest BCUT2D eigenvalue weighted by molar-refractivity contribution is -0.138. The number of hydrogen-bond donors (Lipinski definition) is 1. The Morgan fingerprint density at radius 3 is 2.63 bits per heavy atom. The first-order chi connectivity index (χ1) is 18.4. The Bertz CT molecular complexity index is 1630. The molecule has 0 saturated heterocycles. The van der Waals surface area contributed by atoms with E-state index in [2.05, 4.69) is 19.1 Å². The second-order valence-electron chi connectivity index (χ2n) is 10.8. The van der Waals surface area contributed by atoms with Crippen molar-refractivity contribution in [3.05, 3.63) is 88.5 Å². The standard InChI is InChI=1S/C30H27FN4O3/c1-16-20-5-3-2-4-17(20)10-11-34(16)29(36)26-14-27(18-6-7-18)35-28(32-26)15-25(33-35)21-9-8-19(12-24(21)31)22-13-23(22)30(37)38/h2-5,8-9,12,14-16,18,22-23H,6-7,10-11,13H2,1H3,(H,37,38)/t16-,22+,23?/m1/s1. The summed E-state index contributed by atoms with van der Waals surface area (Å²) in [6.45, 7) is 2.69. The predicted molar refractivity (Wildman–Crippen MR) is 138 cm³/mol. The Morgan fingerprint density at radius 1 is 1.08 bits per heavy atom. The van der Waals surface area contributed by atoms with Crippen LogP contribution in [-0.2, 0) is 11.2 Å². The molecule has 1 unspecified atom stereocenters. The van der Waals surface area contributed by atoms with Gasteiger partial charge in [0.05, 0.1) is 17.7 Å². The van der Waals surface area contributed by atoms with E-state index in [1.807, 2.05) is 23.1 Å². The first-order valence-electron chi connectivity index (χ1n) is 13.2. The molecule has 2 aromatic carbocycles. The second kappa shape index (κ2) is 8.48. The van der Waals surface area contributed by atoms with E-state index in [4.69, 9.17) is 10.1 Å². The summed E-state index contributed by atoms with van der Waals surface area (Å²) in [7, 11) is 0. The molecule has 8 heteroatoms. The predicted octanol–water partition coefficient (Wildman–Crippen LogP) is 5.36. The summed E-state index contributed by atoms with van der Waals surface area (Å²) < 4.78 is 16.9. The second-order valence-corrected chi connectivity index (χ2v) is 10.8. The SMILES string of the molecule is C[C@@H]1c2ccccc2CCN1C(=O)c1cc(C2CC2)n2nc(-c3ccc([C@@H]4CC4C(=O)O)cc3F)cc2n1.